The maximum absolute atomic E-state index is 3.44. The van der Waals surface area contributed by atoms with Crippen LogP contribution in [0.15, 0.2) is 24.3 Å². The highest BCUT2D eigenvalue weighted by Gasteiger charge is 2.20. The predicted molar refractivity (Wildman–Crippen MR) is 79.0 cm³/mol. The minimum atomic E-state index is 0.641. The summed E-state index contributed by atoms with van der Waals surface area (Å²) in [7, 11) is 2.10. The first-order chi connectivity index (χ1) is 8.69. The zero-order valence-corrected chi connectivity index (χ0v) is 12.1. The van der Waals surface area contributed by atoms with Crippen LogP contribution >= 0.6 is 0 Å². The third-order valence-corrected chi connectivity index (χ3v) is 4.36. The molecule has 0 spiro atoms. The third kappa shape index (κ3) is 3.58. The van der Waals surface area contributed by atoms with Gasteiger partial charge in [-0.1, -0.05) is 51.0 Å². The Morgan fingerprint density at radius 3 is 2.50 bits per heavy atom. The van der Waals surface area contributed by atoms with Crippen LogP contribution in [0.3, 0.4) is 0 Å². The van der Waals surface area contributed by atoms with Crippen molar-refractivity contribution in [3.63, 3.8) is 0 Å². The topological polar surface area (TPSA) is 12.0 Å². The average Bonchev–Trinajstić information content (AvgIpc) is 2.39. The molecule has 1 aromatic carbocycles. The molecular weight excluding hydrogens is 218 g/mol. The zero-order valence-electron chi connectivity index (χ0n) is 12.1. The molecule has 100 valence electrons. The molecule has 1 heteroatoms. The molecule has 1 aromatic rings. The molecule has 0 saturated heterocycles. The molecule has 1 fully saturated rings. The molecule has 1 aliphatic rings. The van der Waals surface area contributed by atoms with Gasteiger partial charge in [0.05, 0.1) is 0 Å². The first-order valence-electron chi connectivity index (χ1n) is 7.45. The van der Waals surface area contributed by atoms with E-state index in [0.717, 1.165) is 12.0 Å². The Balaban J connectivity index is 1.92. The molecule has 2 rings (SSSR count). The Bertz CT molecular complexity index is 352. The Hall–Kier alpha value is -0.820. The number of hydrogen-bond acceptors (Lipinski definition) is 1. The van der Waals surface area contributed by atoms with E-state index < -0.39 is 0 Å². The molecule has 0 aliphatic heterocycles. The molecule has 0 amide bonds. The van der Waals surface area contributed by atoms with Crippen molar-refractivity contribution in [2.45, 2.75) is 57.9 Å². The van der Waals surface area contributed by atoms with Gasteiger partial charge in [-0.3, -0.25) is 0 Å². The molecule has 2 atom stereocenters. The summed E-state index contributed by atoms with van der Waals surface area (Å²) in [6.45, 7) is 4.52. The summed E-state index contributed by atoms with van der Waals surface area (Å²) in [5.41, 5.74) is 2.97. The normalized spacial score (nSPS) is 24.4. The van der Waals surface area contributed by atoms with E-state index in [0.29, 0.717) is 5.92 Å². The summed E-state index contributed by atoms with van der Waals surface area (Å²) in [5, 5.41) is 3.44. The van der Waals surface area contributed by atoms with Crippen LogP contribution in [0, 0.1) is 5.92 Å². The van der Waals surface area contributed by atoms with E-state index in [2.05, 4.69) is 50.5 Å². The number of rotatable bonds is 4. The second-order valence-corrected chi connectivity index (χ2v) is 6.12. The van der Waals surface area contributed by atoms with Crippen LogP contribution in [0.4, 0.5) is 0 Å². The van der Waals surface area contributed by atoms with Gasteiger partial charge in [0, 0.05) is 6.04 Å². The van der Waals surface area contributed by atoms with E-state index in [-0.39, 0.29) is 0 Å². The molecule has 2 unspecified atom stereocenters. The van der Waals surface area contributed by atoms with Crippen molar-refractivity contribution >= 4 is 0 Å². The van der Waals surface area contributed by atoms with Crippen LogP contribution in [0.5, 0.6) is 0 Å². The molecule has 1 nitrogen and oxygen atoms in total. The van der Waals surface area contributed by atoms with E-state index in [9.17, 15) is 0 Å². The van der Waals surface area contributed by atoms with Crippen molar-refractivity contribution in [1.82, 2.24) is 5.32 Å². The minimum absolute atomic E-state index is 0.641. The van der Waals surface area contributed by atoms with Crippen molar-refractivity contribution in [1.29, 1.82) is 0 Å². The van der Waals surface area contributed by atoms with E-state index in [1.807, 2.05) is 0 Å². The molecule has 18 heavy (non-hydrogen) atoms. The lowest BCUT2D eigenvalue weighted by Crippen LogP contribution is -2.31. The number of hydrogen-bond donors (Lipinski definition) is 1. The minimum Gasteiger partial charge on any atom is -0.317 e. The molecule has 1 saturated carbocycles. The van der Waals surface area contributed by atoms with Gasteiger partial charge >= 0.3 is 0 Å². The Labute approximate surface area is 112 Å². The molecular formula is C17H27N. The van der Waals surface area contributed by atoms with E-state index >= 15 is 0 Å². The van der Waals surface area contributed by atoms with E-state index in [1.165, 1.54) is 43.2 Å². The lowest BCUT2D eigenvalue weighted by atomic mass is 9.82. The van der Waals surface area contributed by atoms with Gasteiger partial charge in [-0.15, -0.1) is 0 Å². The van der Waals surface area contributed by atoms with Crippen LogP contribution < -0.4 is 5.32 Å². The largest absolute Gasteiger partial charge is 0.317 e. The molecule has 1 aliphatic carbocycles. The van der Waals surface area contributed by atoms with Crippen molar-refractivity contribution in [3.8, 4) is 0 Å². The van der Waals surface area contributed by atoms with Crippen molar-refractivity contribution in [3.05, 3.63) is 35.4 Å². The average molecular weight is 245 g/mol. The van der Waals surface area contributed by atoms with Crippen LogP contribution in [-0.2, 0) is 6.42 Å². The Morgan fingerprint density at radius 2 is 1.89 bits per heavy atom. The Kier molecular flexibility index (Phi) is 4.82. The molecule has 0 heterocycles. The predicted octanol–water partition coefficient (Wildman–Crippen LogP) is 4.13. The maximum Gasteiger partial charge on any atom is 0.00668 e. The van der Waals surface area contributed by atoms with Gasteiger partial charge in [-0.2, -0.15) is 0 Å². The van der Waals surface area contributed by atoms with E-state index in [4.69, 9.17) is 0 Å². The quantitative estimate of drug-likeness (QED) is 0.841. The summed E-state index contributed by atoms with van der Waals surface area (Å²) in [6, 6.07) is 10.0. The van der Waals surface area contributed by atoms with Crippen LogP contribution in [0.25, 0.3) is 0 Å². The lowest BCUT2D eigenvalue weighted by Gasteiger charge is -2.29. The zero-order chi connectivity index (χ0) is 13.0. The van der Waals surface area contributed by atoms with Gasteiger partial charge in [0.25, 0.3) is 0 Å². The molecule has 0 bridgehead atoms. The lowest BCUT2D eigenvalue weighted by molar-refractivity contribution is 0.294. The third-order valence-electron chi connectivity index (χ3n) is 4.36. The summed E-state index contributed by atoms with van der Waals surface area (Å²) in [4.78, 5) is 0. The first kappa shape index (κ1) is 13.6. The van der Waals surface area contributed by atoms with Gasteiger partial charge in [0.2, 0.25) is 0 Å². The summed E-state index contributed by atoms with van der Waals surface area (Å²) < 4.78 is 0. The highest BCUT2D eigenvalue weighted by atomic mass is 14.9. The molecule has 0 aromatic heterocycles. The fraction of sp³-hybridized carbons (Fsp3) is 0.647. The highest BCUT2D eigenvalue weighted by molar-refractivity contribution is 5.25. The number of nitrogens with one attached hydrogen (secondary N) is 1. The fourth-order valence-corrected chi connectivity index (χ4v) is 3.11. The van der Waals surface area contributed by atoms with Gasteiger partial charge < -0.3 is 5.32 Å². The van der Waals surface area contributed by atoms with Gasteiger partial charge in [0.15, 0.2) is 0 Å². The van der Waals surface area contributed by atoms with Crippen LogP contribution in [0.1, 0.15) is 56.6 Å². The fourth-order valence-electron chi connectivity index (χ4n) is 3.11. The highest BCUT2D eigenvalue weighted by Crippen LogP contribution is 2.27. The maximum atomic E-state index is 3.44. The second-order valence-electron chi connectivity index (χ2n) is 6.12. The molecule has 0 radical (unpaired) electrons. The number of benzene rings is 1. The SMILES string of the molecule is CNC1CCCC(Cc2ccc(C(C)C)cc2)C1. The van der Waals surface area contributed by atoms with Gasteiger partial charge in [-0.05, 0) is 49.3 Å². The van der Waals surface area contributed by atoms with Crippen LogP contribution in [0.2, 0.25) is 0 Å². The smallest absolute Gasteiger partial charge is 0.00668 e. The van der Waals surface area contributed by atoms with Crippen LogP contribution in [-0.4, -0.2) is 13.1 Å². The summed E-state index contributed by atoms with van der Waals surface area (Å²) in [6.07, 6.45) is 6.77. The van der Waals surface area contributed by atoms with Crippen molar-refractivity contribution < 1.29 is 0 Å². The van der Waals surface area contributed by atoms with Gasteiger partial charge in [-0.25, -0.2) is 0 Å². The standard InChI is InChI=1S/C17H27N/c1-13(2)16-9-7-14(8-10-16)11-15-5-4-6-17(12-15)18-3/h7-10,13,15,17-18H,4-6,11-12H2,1-3H3. The molecule has 1 N–H and O–H groups in total. The Morgan fingerprint density at radius 1 is 1.17 bits per heavy atom. The first-order valence-corrected chi connectivity index (χ1v) is 7.45. The van der Waals surface area contributed by atoms with Gasteiger partial charge in [0.1, 0.15) is 0 Å². The second kappa shape index (κ2) is 6.38. The monoisotopic (exact) mass is 245 g/mol. The van der Waals surface area contributed by atoms with Crippen molar-refractivity contribution in [2.75, 3.05) is 7.05 Å². The summed E-state index contributed by atoms with van der Waals surface area (Å²) >= 11 is 0. The van der Waals surface area contributed by atoms with Crippen molar-refractivity contribution in [2.24, 2.45) is 5.92 Å². The summed E-state index contributed by atoms with van der Waals surface area (Å²) in [5.74, 6) is 1.52. The van der Waals surface area contributed by atoms with E-state index in [1.54, 1.807) is 0 Å².